The summed E-state index contributed by atoms with van der Waals surface area (Å²) in [7, 11) is 0. The maximum atomic E-state index is 13.2. The minimum absolute atomic E-state index is 0.124. The molecule has 0 spiro atoms. The smallest absolute Gasteiger partial charge is 0.267 e. The molecule has 1 aliphatic heterocycles. The molecule has 0 saturated carbocycles. The van der Waals surface area contributed by atoms with E-state index < -0.39 is 6.10 Å². The van der Waals surface area contributed by atoms with Gasteiger partial charge in [0.1, 0.15) is 12.4 Å². The van der Waals surface area contributed by atoms with Gasteiger partial charge in [-0.1, -0.05) is 42.0 Å². The predicted molar refractivity (Wildman–Crippen MR) is 100 cm³/mol. The van der Waals surface area contributed by atoms with Crippen molar-refractivity contribution in [3.8, 4) is 11.5 Å². The van der Waals surface area contributed by atoms with Crippen LogP contribution >= 0.6 is 0 Å². The molecule has 5 nitrogen and oxygen atoms in total. The Balaban J connectivity index is 1.54. The van der Waals surface area contributed by atoms with Crippen LogP contribution < -0.4 is 9.47 Å². The summed E-state index contributed by atoms with van der Waals surface area (Å²) in [6.07, 6.45) is 0.931. The number of furan rings is 1. The highest BCUT2D eigenvalue weighted by molar-refractivity contribution is 5.82. The van der Waals surface area contributed by atoms with Gasteiger partial charge >= 0.3 is 0 Å². The Kier molecular flexibility index (Phi) is 4.83. The zero-order chi connectivity index (χ0) is 18.6. The maximum absolute atomic E-state index is 13.2. The summed E-state index contributed by atoms with van der Waals surface area (Å²) in [4.78, 5) is 14.9. The normalized spacial score (nSPS) is 15.4. The number of ether oxygens (including phenoxy) is 2. The van der Waals surface area contributed by atoms with E-state index in [0.717, 1.165) is 11.3 Å². The molecule has 0 radical (unpaired) electrons. The van der Waals surface area contributed by atoms with Gasteiger partial charge < -0.3 is 18.8 Å². The van der Waals surface area contributed by atoms with Gasteiger partial charge in [0, 0.05) is 6.54 Å². The van der Waals surface area contributed by atoms with E-state index in [4.69, 9.17) is 13.9 Å². The highest BCUT2D eigenvalue weighted by Gasteiger charge is 2.31. The third-order valence-electron chi connectivity index (χ3n) is 4.52. The number of fused-ring (bicyclic) bond motifs is 1. The fourth-order valence-electron chi connectivity index (χ4n) is 3.06. The fourth-order valence-corrected chi connectivity index (χ4v) is 3.06. The molecule has 1 amide bonds. The van der Waals surface area contributed by atoms with E-state index in [1.165, 1.54) is 5.56 Å². The second-order valence-corrected chi connectivity index (χ2v) is 6.62. The molecule has 2 heterocycles. The van der Waals surface area contributed by atoms with Crippen molar-refractivity contribution in [1.82, 2.24) is 4.90 Å². The summed E-state index contributed by atoms with van der Waals surface area (Å²) in [5, 5.41) is 0. The van der Waals surface area contributed by atoms with E-state index >= 15 is 0 Å². The molecule has 2 aromatic carbocycles. The number of carbonyl (C=O) groups excluding carboxylic acids is 1. The summed E-state index contributed by atoms with van der Waals surface area (Å²) in [5.41, 5.74) is 2.24. The molecule has 4 rings (SSSR count). The van der Waals surface area contributed by atoms with E-state index in [-0.39, 0.29) is 12.5 Å². The Labute approximate surface area is 158 Å². The van der Waals surface area contributed by atoms with Crippen LogP contribution in [0.2, 0.25) is 0 Å². The molecule has 0 fully saturated rings. The molecule has 1 atom stereocenters. The van der Waals surface area contributed by atoms with Crippen molar-refractivity contribution in [1.29, 1.82) is 0 Å². The van der Waals surface area contributed by atoms with Crippen molar-refractivity contribution in [2.45, 2.75) is 26.1 Å². The Morgan fingerprint density at radius 2 is 1.78 bits per heavy atom. The first-order chi connectivity index (χ1) is 13.2. The number of para-hydroxylation sites is 2. The lowest BCUT2D eigenvalue weighted by molar-refractivity contribution is -0.142. The van der Waals surface area contributed by atoms with E-state index in [0.29, 0.717) is 24.6 Å². The fraction of sp³-hybridized carbons (Fsp3) is 0.227. The van der Waals surface area contributed by atoms with Crippen LogP contribution in [0.5, 0.6) is 11.5 Å². The van der Waals surface area contributed by atoms with Crippen LogP contribution in [0.15, 0.2) is 71.3 Å². The molecule has 27 heavy (non-hydrogen) atoms. The summed E-state index contributed by atoms with van der Waals surface area (Å²) < 4.78 is 17.1. The van der Waals surface area contributed by atoms with Crippen LogP contribution in [0, 0.1) is 6.92 Å². The van der Waals surface area contributed by atoms with Gasteiger partial charge in [0.2, 0.25) is 6.10 Å². The van der Waals surface area contributed by atoms with Gasteiger partial charge in [-0.05, 0) is 36.8 Å². The van der Waals surface area contributed by atoms with Crippen molar-refractivity contribution in [2.75, 3.05) is 6.61 Å². The molecule has 1 unspecified atom stereocenters. The molecule has 1 aromatic heterocycles. The number of rotatable bonds is 5. The van der Waals surface area contributed by atoms with Crippen LogP contribution in [-0.2, 0) is 17.9 Å². The summed E-state index contributed by atoms with van der Waals surface area (Å²) in [5.74, 6) is 1.86. The number of amides is 1. The average Bonchev–Trinajstić information content (AvgIpc) is 3.21. The number of hydrogen-bond acceptors (Lipinski definition) is 4. The zero-order valence-electron chi connectivity index (χ0n) is 15.1. The second kappa shape index (κ2) is 7.58. The third-order valence-corrected chi connectivity index (χ3v) is 4.52. The Bertz CT molecular complexity index is 902. The average molecular weight is 363 g/mol. The molecule has 0 saturated heterocycles. The van der Waals surface area contributed by atoms with Crippen LogP contribution in [0.25, 0.3) is 0 Å². The van der Waals surface area contributed by atoms with Gasteiger partial charge in [-0.3, -0.25) is 4.79 Å². The van der Waals surface area contributed by atoms with Crippen molar-refractivity contribution < 1.29 is 18.7 Å². The van der Waals surface area contributed by atoms with Crippen LogP contribution in [0.1, 0.15) is 16.9 Å². The van der Waals surface area contributed by atoms with E-state index in [2.05, 4.69) is 0 Å². The number of nitrogens with zero attached hydrogens (tertiary/aromatic N) is 1. The molecule has 5 heteroatoms. The van der Waals surface area contributed by atoms with Gasteiger partial charge in [0.15, 0.2) is 11.5 Å². The van der Waals surface area contributed by atoms with Gasteiger partial charge in [0.05, 0.1) is 12.8 Å². The Morgan fingerprint density at radius 3 is 2.52 bits per heavy atom. The SMILES string of the molecule is Cc1ccc(CN(Cc2ccco2)C(=O)C2COc3ccccc3O2)cc1. The summed E-state index contributed by atoms with van der Waals surface area (Å²) in [6, 6.07) is 19.2. The lowest BCUT2D eigenvalue weighted by atomic mass is 10.1. The topological polar surface area (TPSA) is 51.9 Å². The third kappa shape index (κ3) is 3.97. The number of carbonyl (C=O) groups is 1. The second-order valence-electron chi connectivity index (χ2n) is 6.62. The van der Waals surface area contributed by atoms with Crippen molar-refractivity contribution >= 4 is 5.91 Å². The molecule has 3 aromatic rings. The van der Waals surface area contributed by atoms with Crippen molar-refractivity contribution in [3.63, 3.8) is 0 Å². The lowest BCUT2D eigenvalue weighted by Gasteiger charge is -2.30. The van der Waals surface area contributed by atoms with Crippen LogP contribution in [0.4, 0.5) is 0 Å². The van der Waals surface area contributed by atoms with Gasteiger partial charge in [-0.15, -0.1) is 0 Å². The first-order valence-electron chi connectivity index (χ1n) is 8.94. The van der Waals surface area contributed by atoms with Gasteiger partial charge in [-0.25, -0.2) is 0 Å². The zero-order valence-corrected chi connectivity index (χ0v) is 15.1. The predicted octanol–water partition coefficient (Wildman–Crippen LogP) is 3.96. The van der Waals surface area contributed by atoms with Gasteiger partial charge in [-0.2, -0.15) is 0 Å². The quantitative estimate of drug-likeness (QED) is 0.689. The first kappa shape index (κ1) is 17.2. The lowest BCUT2D eigenvalue weighted by Crippen LogP contribution is -2.45. The van der Waals surface area contributed by atoms with Crippen LogP contribution in [0.3, 0.4) is 0 Å². The summed E-state index contributed by atoms with van der Waals surface area (Å²) in [6.45, 7) is 3.08. The first-order valence-corrected chi connectivity index (χ1v) is 8.94. The number of aryl methyl sites for hydroxylation is 1. The summed E-state index contributed by atoms with van der Waals surface area (Å²) >= 11 is 0. The van der Waals surface area contributed by atoms with E-state index in [1.807, 2.05) is 67.6 Å². The molecule has 138 valence electrons. The minimum atomic E-state index is -0.680. The monoisotopic (exact) mass is 363 g/mol. The van der Waals surface area contributed by atoms with Crippen molar-refractivity contribution in [2.24, 2.45) is 0 Å². The molecule has 0 bridgehead atoms. The molecular formula is C22H21NO4. The number of hydrogen-bond donors (Lipinski definition) is 0. The molecule has 0 aliphatic carbocycles. The highest BCUT2D eigenvalue weighted by Crippen LogP contribution is 2.31. The molecule has 1 aliphatic rings. The van der Waals surface area contributed by atoms with E-state index in [9.17, 15) is 4.79 Å². The highest BCUT2D eigenvalue weighted by atomic mass is 16.6. The standard InChI is InChI=1S/C22H21NO4/c1-16-8-10-17(11-9-16)13-23(14-18-5-4-12-25-18)22(24)21-15-26-19-6-2-3-7-20(19)27-21/h2-12,21H,13-15H2,1H3. The van der Waals surface area contributed by atoms with Crippen LogP contribution in [-0.4, -0.2) is 23.5 Å². The molecular weight excluding hydrogens is 342 g/mol. The van der Waals surface area contributed by atoms with Gasteiger partial charge in [0.25, 0.3) is 5.91 Å². The maximum Gasteiger partial charge on any atom is 0.267 e. The van der Waals surface area contributed by atoms with Crippen molar-refractivity contribution in [3.05, 3.63) is 83.8 Å². The molecule has 0 N–H and O–H groups in total. The minimum Gasteiger partial charge on any atom is -0.485 e. The van der Waals surface area contributed by atoms with E-state index in [1.54, 1.807) is 11.2 Å². The Hall–Kier alpha value is -3.21. The largest absolute Gasteiger partial charge is 0.485 e. The number of benzene rings is 2. The Morgan fingerprint density at radius 1 is 1.00 bits per heavy atom.